The number of hydrogen-bond donors (Lipinski definition) is 1. The summed E-state index contributed by atoms with van der Waals surface area (Å²) in [6, 6.07) is 0. The maximum atomic E-state index is 3.59. The van der Waals surface area contributed by atoms with Gasteiger partial charge in [-0.25, -0.2) is 0 Å². The molecule has 2 heteroatoms. The summed E-state index contributed by atoms with van der Waals surface area (Å²) < 4.78 is 1.08. The average molecular weight is 342 g/mol. The van der Waals surface area contributed by atoms with Crippen LogP contribution in [0.5, 0.6) is 0 Å². The highest BCUT2D eigenvalue weighted by Gasteiger charge is 2.04. The van der Waals surface area contributed by atoms with E-state index < -0.39 is 0 Å². The van der Waals surface area contributed by atoms with Crippen molar-refractivity contribution in [2.45, 2.75) is 103 Å². The fourth-order valence-corrected chi connectivity index (χ4v) is 3.25. The first-order valence-corrected chi connectivity index (χ1v) is 11.1. The van der Waals surface area contributed by atoms with Gasteiger partial charge < -0.3 is 9.80 Å². The van der Waals surface area contributed by atoms with E-state index in [4.69, 9.17) is 0 Å². The number of nitrogens with zero attached hydrogens (tertiary/aromatic N) is 1. The molecule has 0 unspecified atom stereocenters. The standard InChI is InChI=1S/C22H49N2/c1-5-6-7-8-9-10-11-12-13-14-15-16-17-18-20-23-21-19-22-24(2,3)4/h23H,5-22H2,1-4H3/q+1. The Morgan fingerprint density at radius 2 is 0.875 bits per heavy atom. The normalized spacial score (nSPS) is 12.0. The predicted octanol–water partition coefficient (Wildman–Crippen LogP) is 6.15. The van der Waals surface area contributed by atoms with Crippen LogP contribution in [-0.4, -0.2) is 45.3 Å². The van der Waals surface area contributed by atoms with Crippen LogP contribution in [0.15, 0.2) is 0 Å². The summed E-state index contributed by atoms with van der Waals surface area (Å²) in [6.07, 6.45) is 21.5. The van der Waals surface area contributed by atoms with E-state index in [-0.39, 0.29) is 0 Å². The van der Waals surface area contributed by atoms with Crippen molar-refractivity contribution in [2.75, 3.05) is 40.8 Å². The second kappa shape index (κ2) is 17.7. The lowest BCUT2D eigenvalue weighted by Gasteiger charge is -2.23. The third kappa shape index (κ3) is 21.9. The highest BCUT2D eigenvalue weighted by atomic mass is 15.3. The van der Waals surface area contributed by atoms with Crippen molar-refractivity contribution in [1.82, 2.24) is 5.32 Å². The van der Waals surface area contributed by atoms with E-state index in [2.05, 4.69) is 33.4 Å². The Labute approximate surface area is 154 Å². The number of nitrogens with one attached hydrogen (secondary N) is 1. The van der Waals surface area contributed by atoms with Gasteiger partial charge in [-0.3, -0.25) is 0 Å². The number of unbranched alkanes of at least 4 members (excludes halogenated alkanes) is 13. The Hall–Kier alpha value is -0.0800. The monoisotopic (exact) mass is 341 g/mol. The summed E-state index contributed by atoms with van der Waals surface area (Å²) in [5, 5.41) is 3.59. The lowest BCUT2D eigenvalue weighted by Crippen LogP contribution is -2.36. The minimum absolute atomic E-state index is 1.08. The van der Waals surface area contributed by atoms with Gasteiger partial charge in [0.15, 0.2) is 0 Å². The zero-order valence-corrected chi connectivity index (χ0v) is 17.7. The Morgan fingerprint density at radius 3 is 1.29 bits per heavy atom. The molecule has 0 spiro atoms. The van der Waals surface area contributed by atoms with Gasteiger partial charge in [-0.2, -0.15) is 0 Å². The second-order valence-corrected chi connectivity index (χ2v) is 8.71. The molecule has 0 aliphatic heterocycles. The van der Waals surface area contributed by atoms with Crippen LogP contribution in [0.3, 0.4) is 0 Å². The second-order valence-electron chi connectivity index (χ2n) is 8.71. The average Bonchev–Trinajstić information content (AvgIpc) is 2.52. The quantitative estimate of drug-likeness (QED) is 0.219. The van der Waals surface area contributed by atoms with Crippen LogP contribution in [0.1, 0.15) is 103 Å². The third-order valence-corrected chi connectivity index (χ3v) is 4.89. The van der Waals surface area contributed by atoms with E-state index in [9.17, 15) is 0 Å². The summed E-state index contributed by atoms with van der Waals surface area (Å²) in [4.78, 5) is 0. The Kier molecular flexibility index (Phi) is 17.7. The third-order valence-electron chi connectivity index (χ3n) is 4.89. The summed E-state index contributed by atoms with van der Waals surface area (Å²) in [6.45, 7) is 5.97. The summed E-state index contributed by atoms with van der Waals surface area (Å²) >= 11 is 0. The van der Waals surface area contributed by atoms with Crippen LogP contribution in [0.2, 0.25) is 0 Å². The van der Waals surface area contributed by atoms with Crippen molar-refractivity contribution in [2.24, 2.45) is 0 Å². The van der Waals surface area contributed by atoms with E-state index in [1.165, 1.54) is 116 Å². The van der Waals surface area contributed by atoms with Crippen molar-refractivity contribution in [1.29, 1.82) is 0 Å². The van der Waals surface area contributed by atoms with Gasteiger partial charge in [-0.05, 0) is 13.0 Å². The van der Waals surface area contributed by atoms with Gasteiger partial charge in [0.25, 0.3) is 0 Å². The molecule has 0 radical (unpaired) electrons. The first-order valence-electron chi connectivity index (χ1n) is 11.1. The van der Waals surface area contributed by atoms with Gasteiger partial charge >= 0.3 is 0 Å². The molecule has 1 N–H and O–H groups in total. The van der Waals surface area contributed by atoms with Crippen molar-refractivity contribution < 1.29 is 4.48 Å². The molecule has 0 amide bonds. The van der Waals surface area contributed by atoms with Crippen molar-refractivity contribution >= 4 is 0 Å². The maximum Gasteiger partial charge on any atom is 0.0792 e. The van der Waals surface area contributed by atoms with Gasteiger partial charge in [0.2, 0.25) is 0 Å². The number of hydrogen-bond acceptors (Lipinski definition) is 1. The fourth-order valence-electron chi connectivity index (χ4n) is 3.25. The Bertz CT molecular complexity index is 233. The molecule has 0 aromatic heterocycles. The Morgan fingerprint density at radius 1 is 0.500 bits per heavy atom. The minimum Gasteiger partial charge on any atom is -0.331 e. The molecule has 0 aromatic rings. The van der Waals surface area contributed by atoms with Crippen molar-refractivity contribution in [3.63, 3.8) is 0 Å². The van der Waals surface area contributed by atoms with Gasteiger partial charge in [0.1, 0.15) is 0 Å². The molecule has 0 aliphatic carbocycles. The lowest BCUT2D eigenvalue weighted by atomic mass is 10.0. The molecular weight excluding hydrogens is 292 g/mol. The first-order chi connectivity index (χ1) is 11.6. The van der Waals surface area contributed by atoms with Crippen LogP contribution in [0.25, 0.3) is 0 Å². The van der Waals surface area contributed by atoms with Gasteiger partial charge in [0, 0.05) is 13.0 Å². The number of quaternary nitrogens is 1. The summed E-state index contributed by atoms with van der Waals surface area (Å²) in [5.74, 6) is 0. The molecule has 0 fully saturated rings. The van der Waals surface area contributed by atoms with Crippen LogP contribution < -0.4 is 5.32 Å². The van der Waals surface area contributed by atoms with Crippen LogP contribution in [0.4, 0.5) is 0 Å². The predicted molar refractivity (Wildman–Crippen MR) is 111 cm³/mol. The van der Waals surface area contributed by atoms with Crippen molar-refractivity contribution in [3.05, 3.63) is 0 Å². The van der Waals surface area contributed by atoms with E-state index in [1.54, 1.807) is 0 Å². The van der Waals surface area contributed by atoms with Gasteiger partial charge in [-0.15, -0.1) is 0 Å². The van der Waals surface area contributed by atoms with E-state index >= 15 is 0 Å². The summed E-state index contributed by atoms with van der Waals surface area (Å²) in [7, 11) is 6.81. The fraction of sp³-hybridized carbons (Fsp3) is 1.00. The molecule has 0 bridgehead atoms. The first kappa shape index (κ1) is 23.9. The SMILES string of the molecule is CCCCCCCCCCCCCCCCNCCC[N+](C)(C)C. The van der Waals surface area contributed by atoms with Gasteiger partial charge in [0.05, 0.1) is 27.7 Å². The molecule has 2 nitrogen and oxygen atoms in total. The molecule has 0 heterocycles. The molecule has 0 saturated carbocycles. The van der Waals surface area contributed by atoms with Crippen molar-refractivity contribution in [3.8, 4) is 0 Å². The van der Waals surface area contributed by atoms with E-state index in [1.807, 2.05) is 0 Å². The van der Waals surface area contributed by atoms with Gasteiger partial charge in [-0.1, -0.05) is 90.4 Å². The molecule has 0 aliphatic rings. The number of rotatable bonds is 19. The topological polar surface area (TPSA) is 12.0 Å². The maximum absolute atomic E-state index is 3.59. The smallest absolute Gasteiger partial charge is 0.0792 e. The highest BCUT2D eigenvalue weighted by Crippen LogP contribution is 2.12. The van der Waals surface area contributed by atoms with E-state index in [0.717, 1.165) is 4.48 Å². The molecular formula is C22H49N2+. The van der Waals surface area contributed by atoms with Crippen LogP contribution in [0, 0.1) is 0 Å². The van der Waals surface area contributed by atoms with Crippen LogP contribution in [-0.2, 0) is 0 Å². The molecule has 0 rings (SSSR count). The van der Waals surface area contributed by atoms with Crippen LogP contribution >= 0.6 is 0 Å². The zero-order chi connectivity index (χ0) is 17.9. The zero-order valence-electron chi connectivity index (χ0n) is 17.7. The Balaban J connectivity index is 3.00. The minimum atomic E-state index is 1.08. The molecule has 0 atom stereocenters. The summed E-state index contributed by atoms with van der Waals surface area (Å²) in [5.41, 5.74) is 0. The highest BCUT2D eigenvalue weighted by molar-refractivity contribution is 4.51. The largest absolute Gasteiger partial charge is 0.331 e. The molecule has 146 valence electrons. The molecule has 24 heavy (non-hydrogen) atoms. The lowest BCUT2D eigenvalue weighted by molar-refractivity contribution is -0.870. The molecule has 0 aromatic carbocycles. The van der Waals surface area contributed by atoms with E-state index in [0.29, 0.717) is 0 Å². The molecule has 0 saturated heterocycles.